The van der Waals surface area contributed by atoms with Gasteiger partial charge in [-0.25, -0.2) is 4.79 Å². The van der Waals surface area contributed by atoms with Crippen molar-refractivity contribution < 1.29 is 4.79 Å². The van der Waals surface area contributed by atoms with Crippen molar-refractivity contribution in [1.29, 1.82) is 0 Å². The number of carbonyl (C=O) groups is 1. The Morgan fingerprint density at radius 1 is 1.29 bits per heavy atom. The average molecular weight is 329 g/mol. The first-order valence-corrected chi connectivity index (χ1v) is 9.28. The molecule has 2 fully saturated rings. The fraction of sp³-hybridized carbons (Fsp3) is 0.650. The minimum Gasteiger partial charge on any atom is -0.337 e. The molecule has 0 bridgehead atoms. The lowest BCUT2D eigenvalue weighted by molar-refractivity contribution is 0.127. The standard InChI is InChI=1S/C20H31N3O/c1-22(2)14-18-9-12-23(15-18)19(24)21-16-20(10-6-11-20)13-17-7-4-3-5-8-17/h3-5,7-8,18H,6,9-16H2,1-2H3,(H,21,24)/t18-/m0/s1. The van der Waals surface area contributed by atoms with Crippen LogP contribution in [0.2, 0.25) is 0 Å². The predicted molar refractivity (Wildman–Crippen MR) is 98.1 cm³/mol. The zero-order valence-corrected chi connectivity index (χ0v) is 15.1. The van der Waals surface area contributed by atoms with Gasteiger partial charge in [0.05, 0.1) is 0 Å². The van der Waals surface area contributed by atoms with Crippen LogP contribution in [0.4, 0.5) is 4.79 Å². The predicted octanol–water partition coefficient (Wildman–Crippen LogP) is 2.99. The molecule has 1 saturated heterocycles. The van der Waals surface area contributed by atoms with Gasteiger partial charge in [-0.05, 0) is 56.7 Å². The van der Waals surface area contributed by atoms with Crippen molar-refractivity contribution in [2.75, 3.05) is 40.3 Å². The maximum absolute atomic E-state index is 12.5. The largest absolute Gasteiger partial charge is 0.337 e. The lowest BCUT2D eigenvalue weighted by Gasteiger charge is -2.42. The number of nitrogens with one attached hydrogen (secondary N) is 1. The molecule has 0 spiro atoms. The Bertz CT molecular complexity index is 539. The molecule has 1 saturated carbocycles. The zero-order chi connectivity index (χ0) is 17.0. The maximum Gasteiger partial charge on any atom is 0.317 e. The van der Waals surface area contributed by atoms with E-state index in [1.807, 2.05) is 4.90 Å². The van der Waals surface area contributed by atoms with Crippen LogP contribution in [-0.4, -0.2) is 56.1 Å². The highest BCUT2D eigenvalue weighted by Crippen LogP contribution is 2.43. The zero-order valence-electron chi connectivity index (χ0n) is 15.1. The van der Waals surface area contributed by atoms with Crippen LogP contribution in [0, 0.1) is 11.3 Å². The second kappa shape index (κ2) is 7.56. The fourth-order valence-corrected chi connectivity index (χ4v) is 4.18. The minimum absolute atomic E-state index is 0.135. The Labute approximate surface area is 146 Å². The first-order chi connectivity index (χ1) is 11.6. The molecular weight excluding hydrogens is 298 g/mol. The SMILES string of the molecule is CN(C)C[C@@H]1CCN(C(=O)NCC2(Cc3ccccc3)CCC2)C1. The van der Waals surface area contributed by atoms with Crippen LogP contribution in [0.1, 0.15) is 31.2 Å². The summed E-state index contributed by atoms with van der Waals surface area (Å²) in [4.78, 5) is 16.7. The smallest absolute Gasteiger partial charge is 0.317 e. The van der Waals surface area contributed by atoms with Crippen molar-refractivity contribution in [3.8, 4) is 0 Å². The summed E-state index contributed by atoms with van der Waals surface area (Å²) in [5.41, 5.74) is 1.67. The third-order valence-corrected chi connectivity index (χ3v) is 5.65. The summed E-state index contributed by atoms with van der Waals surface area (Å²) in [5.74, 6) is 0.618. The monoisotopic (exact) mass is 329 g/mol. The van der Waals surface area contributed by atoms with Crippen LogP contribution in [0.5, 0.6) is 0 Å². The van der Waals surface area contributed by atoms with Crippen LogP contribution < -0.4 is 5.32 Å². The molecule has 0 unspecified atom stereocenters. The lowest BCUT2D eigenvalue weighted by atomic mass is 9.65. The molecule has 1 N–H and O–H groups in total. The summed E-state index contributed by atoms with van der Waals surface area (Å²) in [7, 11) is 4.21. The van der Waals surface area contributed by atoms with Crippen molar-refractivity contribution in [1.82, 2.24) is 15.1 Å². The number of hydrogen-bond acceptors (Lipinski definition) is 2. The number of hydrogen-bond donors (Lipinski definition) is 1. The molecule has 2 amide bonds. The highest BCUT2D eigenvalue weighted by molar-refractivity contribution is 5.74. The first-order valence-electron chi connectivity index (χ1n) is 9.28. The number of likely N-dealkylation sites (tertiary alicyclic amines) is 1. The molecule has 132 valence electrons. The minimum atomic E-state index is 0.135. The molecule has 1 aliphatic heterocycles. The quantitative estimate of drug-likeness (QED) is 0.871. The Balaban J connectivity index is 1.48. The summed E-state index contributed by atoms with van der Waals surface area (Å²) >= 11 is 0. The Kier molecular flexibility index (Phi) is 5.44. The van der Waals surface area contributed by atoms with Crippen LogP contribution in [-0.2, 0) is 6.42 Å². The van der Waals surface area contributed by atoms with E-state index in [0.717, 1.165) is 39.0 Å². The van der Waals surface area contributed by atoms with Gasteiger partial charge in [0.15, 0.2) is 0 Å². The van der Waals surface area contributed by atoms with Gasteiger partial charge in [0.2, 0.25) is 0 Å². The summed E-state index contributed by atoms with van der Waals surface area (Å²) in [6, 6.07) is 10.8. The van der Waals surface area contributed by atoms with Gasteiger partial charge in [0.1, 0.15) is 0 Å². The highest BCUT2D eigenvalue weighted by Gasteiger charge is 2.38. The van der Waals surface area contributed by atoms with E-state index in [-0.39, 0.29) is 11.4 Å². The molecule has 2 aliphatic rings. The Morgan fingerprint density at radius 3 is 2.67 bits per heavy atom. The van der Waals surface area contributed by atoms with Gasteiger partial charge in [-0.2, -0.15) is 0 Å². The van der Waals surface area contributed by atoms with E-state index in [9.17, 15) is 4.79 Å². The van der Waals surface area contributed by atoms with Crippen LogP contribution in [0.3, 0.4) is 0 Å². The average Bonchev–Trinajstić information content (AvgIpc) is 2.98. The molecule has 1 aliphatic carbocycles. The third kappa shape index (κ3) is 4.29. The maximum atomic E-state index is 12.5. The molecule has 1 heterocycles. The molecule has 1 aromatic carbocycles. The molecule has 3 rings (SSSR count). The summed E-state index contributed by atoms with van der Waals surface area (Å²) in [6.45, 7) is 3.68. The van der Waals surface area contributed by atoms with E-state index >= 15 is 0 Å². The first kappa shape index (κ1) is 17.3. The topological polar surface area (TPSA) is 35.6 Å². The number of amides is 2. The third-order valence-electron chi connectivity index (χ3n) is 5.65. The molecule has 0 radical (unpaired) electrons. The number of nitrogens with zero attached hydrogens (tertiary/aromatic N) is 2. The second-order valence-corrected chi connectivity index (χ2v) is 8.04. The van der Waals surface area contributed by atoms with E-state index in [1.165, 1.54) is 24.8 Å². The summed E-state index contributed by atoms with van der Waals surface area (Å²) in [5, 5.41) is 3.23. The highest BCUT2D eigenvalue weighted by atomic mass is 16.2. The summed E-state index contributed by atoms with van der Waals surface area (Å²) in [6.07, 6.45) is 5.95. The Hall–Kier alpha value is -1.55. The van der Waals surface area contributed by atoms with Gasteiger partial charge in [0.25, 0.3) is 0 Å². The van der Waals surface area contributed by atoms with Gasteiger partial charge < -0.3 is 15.1 Å². The number of carbonyl (C=O) groups excluding carboxylic acids is 1. The van der Waals surface area contributed by atoms with Gasteiger partial charge in [0, 0.05) is 26.2 Å². The van der Waals surface area contributed by atoms with Crippen molar-refractivity contribution in [2.45, 2.75) is 32.1 Å². The molecule has 1 atom stereocenters. The van der Waals surface area contributed by atoms with Gasteiger partial charge in [-0.1, -0.05) is 36.8 Å². The molecule has 4 nitrogen and oxygen atoms in total. The Morgan fingerprint density at radius 2 is 2.04 bits per heavy atom. The van der Waals surface area contributed by atoms with Crippen LogP contribution in [0.25, 0.3) is 0 Å². The second-order valence-electron chi connectivity index (χ2n) is 8.04. The van der Waals surface area contributed by atoms with Crippen LogP contribution in [0.15, 0.2) is 30.3 Å². The molecule has 1 aromatic rings. The summed E-state index contributed by atoms with van der Waals surface area (Å²) < 4.78 is 0. The molecular formula is C20H31N3O. The molecule has 0 aromatic heterocycles. The van der Waals surface area contributed by atoms with Gasteiger partial charge >= 0.3 is 6.03 Å². The number of benzene rings is 1. The van der Waals surface area contributed by atoms with Crippen LogP contribution >= 0.6 is 0 Å². The van der Waals surface area contributed by atoms with E-state index in [0.29, 0.717) is 5.92 Å². The van der Waals surface area contributed by atoms with Crippen molar-refractivity contribution in [2.24, 2.45) is 11.3 Å². The van der Waals surface area contributed by atoms with Crippen molar-refractivity contribution in [3.63, 3.8) is 0 Å². The van der Waals surface area contributed by atoms with Crippen molar-refractivity contribution >= 4 is 6.03 Å². The van der Waals surface area contributed by atoms with E-state index in [4.69, 9.17) is 0 Å². The van der Waals surface area contributed by atoms with E-state index in [1.54, 1.807) is 0 Å². The number of rotatable bonds is 6. The van der Waals surface area contributed by atoms with Gasteiger partial charge in [-0.15, -0.1) is 0 Å². The van der Waals surface area contributed by atoms with E-state index < -0.39 is 0 Å². The number of urea groups is 1. The van der Waals surface area contributed by atoms with Gasteiger partial charge in [-0.3, -0.25) is 0 Å². The van der Waals surface area contributed by atoms with E-state index in [2.05, 4.69) is 54.6 Å². The lowest BCUT2D eigenvalue weighted by Crippen LogP contribution is -2.47. The van der Waals surface area contributed by atoms with Crippen molar-refractivity contribution in [3.05, 3.63) is 35.9 Å². The molecule has 24 heavy (non-hydrogen) atoms. The molecule has 4 heteroatoms. The normalized spacial score (nSPS) is 22.5. The fourth-order valence-electron chi connectivity index (χ4n) is 4.18.